The molecule has 0 fully saturated rings. The molecular formula is C20H29P. The van der Waals surface area contributed by atoms with E-state index in [9.17, 15) is 0 Å². The van der Waals surface area contributed by atoms with E-state index in [1.165, 1.54) is 31.0 Å². The fourth-order valence-corrected chi connectivity index (χ4v) is 8.35. The number of hydrogen-bond acceptors (Lipinski definition) is 0. The molecule has 0 atom stereocenters. The summed E-state index contributed by atoms with van der Waals surface area (Å²) in [7, 11) is 0. The van der Waals surface area contributed by atoms with Crippen molar-refractivity contribution >= 4 is 17.2 Å². The molecular weight excluding hydrogens is 271 g/mol. The summed E-state index contributed by atoms with van der Waals surface area (Å²) in [6.07, 6.45) is 5.26. The molecule has 2 aromatic carbocycles. The summed E-state index contributed by atoms with van der Waals surface area (Å²) in [6.45, 7) is 7.59. The van der Waals surface area contributed by atoms with Gasteiger partial charge in [-0.25, -0.2) is 0 Å². The molecule has 0 amide bonds. The first-order valence-electron chi connectivity index (χ1n) is 8.10. The van der Waals surface area contributed by atoms with Crippen LogP contribution in [-0.4, -0.2) is 19.5 Å². The predicted octanol–water partition coefficient (Wildman–Crippen LogP) is 4.95. The van der Waals surface area contributed by atoms with Crippen molar-refractivity contribution in [2.24, 2.45) is 0 Å². The van der Waals surface area contributed by atoms with E-state index in [-0.39, 0.29) is 0 Å². The Hall–Kier alpha value is -1.13. The second kappa shape index (κ2) is 6.32. The van der Waals surface area contributed by atoms with Gasteiger partial charge in [-0.15, -0.1) is 0 Å². The SMILES string of the molecule is CCCCCP(C)(C)(c1ccccc1)c1ccccc1C. The summed E-state index contributed by atoms with van der Waals surface area (Å²) in [5, 5.41) is 3.14. The maximum absolute atomic E-state index is 2.55. The molecule has 114 valence electrons. The minimum atomic E-state index is -2.08. The molecule has 0 saturated heterocycles. The topological polar surface area (TPSA) is 0 Å². The second-order valence-corrected chi connectivity index (χ2v) is 13.2. The molecule has 0 bridgehead atoms. The van der Waals surface area contributed by atoms with Crippen LogP contribution in [0.2, 0.25) is 0 Å². The molecule has 0 radical (unpaired) electrons. The van der Waals surface area contributed by atoms with E-state index in [2.05, 4.69) is 81.8 Å². The van der Waals surface area contributed by atoms with E-state index in [1.54, 1.807) is 10.6 Å². The Morgan fingerprint density at radius 2 is 1.43 bits per heavy atom. The van der Waals surface area contributed by atoms with Gasteiger partial charge in [-0.1, -0.05) is 0 Å². The predicted molar refractivity (Wildman–Crippen MR) is 100 cm³/mol. The third-order valence-corrected chi connectivity index (χ3v) is 10.6. The maximum atomic E-state index is 2.55. The van der Waals surface area contributed by atoms with E-state index in [4.69, 9.17) is 0 Å². The van der Waals surface area contributed by atoms with Gasteiger partial charge in [0.05, 0.1) is 0 Å². The average Bonchev–Trinajstić information content (AvgIpc) is 2.49. The van der Waals surface area contributed by atoms with Crippen molar-refractivity contribution in [3.05, 3.63) is 60.2 Å². The molecule has 0 nitrogen and oxygen atoms in total. The number of hydrogen-bond donors (Lipinski definition) is 0. The third kappa shape index (κ3) is 3.22. The van der Waals surface area contributed by atoms with Gasteiger partial charge in [0.2, 0.25) is 0 Å². The van der Waals surface area contributed by atoms with Gasteiger partial charge in [0, 0.05) is 0 Å². The van der Waals surface area contributed by atoms with Crippen molar-refractivity contribution in [3.63, 3.8) is 0 Å². The van der Waals surface area contributed by atoms with E-state index < -0.39 is 6.60 Å². The Morgan fingerprint density at radius 1 is 0.810 bits per heavy atom. The zero-order chi connectivity index (χ0) is 15.4. The van der Waals surface area contributed by atoms with Crippen LogP contribution in [0.25, 0.3) is 0 Å². The first kappa shape index (κ1) is 16.2. The van der Waals surface area contributed by atoms with Crippen molar-refractivity contribution in [2.75, 3.05) is 19.5 Å². The molecule has 0 aliphatic rings. The number of rotatable bonds is 6. The van der Waals surface area contributed by atoms with Crippen molar-refractivity contribution in [1.29, 1.82) is 0 Å². The van der Waals surface area contributed by atoms with Gasteiger partial charge in [0.15, 0.2) is 0 Å². The van der Waals surface area contributed by atoms with E-state index in [0.29, 0.717) is 0 Å². The first-order valence-corrected chi connectivity index (χ1v) is 11.4. The molecule has 0 unspecified atom stereocenters. The summed E-state index contributed by atoms with van der Waals surface area (Å²) in [4.78, 5) is 0. The van der Waals surface area contributed by atoms with Crippen LogP contribution in [-0.2, 0) is 0 Å². The number of unbranched alkanes of at least 4 members (excludes halogenated alkanes) is 2. The van der Waals surface area contributed by atoms with Crippen molar-refractivity contribution < 1.29 is 0 Å². The average molecular weight is 300 g/mol. The molecule has 1 heteroatoms. The molecule has 0 heterocycles. The fraction of sp³-hybridized carbons (Fsp3) is 0.400. The van der Waals surface area contributed by atoms with Gasteiger partial charge < -0.3 is 0 Å². The Balaban J connectivity index is 2.56. The Bertz CT molecular complexity index is 584. The van der Waals surface area contributed by atoms with Gasteiger partial charge in [0.25, 0.3) is 0 Å². The van der Waals surface area contributed by atoms with Gasteiger partial charge in [-0.05, 0) is 0 Å². The standard InChI is InChI=1S/C20H29P/c1-5-6-12-17-21(3,4,19-14-8-7-9-15-19)20-16-11-10-13-18(20)2/h7-11,13-16H,5-6,12,17H2,1-4H3. The first-order chi connectivity index (χ1) is 9.98. The van der Waals surface area contributed by atoms with Crippen molar-refractivity contribution in [1.82, 2.24) is 0 Å². The summed E-state index contributed by atoms with van der Waals surface area (Å²) < 4.78 is 0. The number of benzene rings is 2. The molecule has 21 heavy (non-hydrogen) atoms. The van der Waals surface area contributed by atoms with Crippen LogP contribution in [0.1, 0.15) is 31.7 Å². The normalized spacial score (nSPS) is 13.6. The Kier molecular flexibility index (Phi) is 4.89. The Labute approximate surface area is 130 Å². The molecule has 0 aliphatic heterocycles. The summed E-state index contributed by atoms with van der Waals surface area (Å²) >= 11 is 0. The van der Waals surface area contributed by atoms with Crippen molar-refractivity contribution in [3.8, 4) is 0 Å². The molecule has 0 aromatic heterocycles. The Morgan fingerprint density at radius 3 is 2.05 bits per heavy atom. The second-order valence-electron chi connectivity index (χ2n) is 6.95. The molecule has 0 N–H and O–H groups in total. The monoisotopic (exact) mass is 300 g/mol. The van der Waals surface area contributed by atoms with Crippen LogP contribution in [0.4, 0.5) is 0 Å². The molecule has 0 aliphatic carbocycles. The zero-order valence-electron chi connectivity index (χ0n) is 14.0. The summed E-state index contributed by atoms with van der Waals surface area (Å²) in [5.74, 6) is 0. The summed E-state index contributed by atoms with van der Waals surface area (Å²) in [5.41, 5.74) is 1.44. The zero-order valence-corrected chi connectivity index (χ0v) is 14.9. The van der Waals surface area contributed by atoms with Gasteiger partial charge in [-0.2, -0.15) is 0 Å². The van der Waals surface area contributed by atoms with E-state index in [0.717, 1.165) is 0 Å². The van der Waals surface area contributed by atoms with Gasteiger partial charge in [-0.3, -0.25) is 0 Å². The third-order valence-electron chi connectivity index (χ3n) is 4.90. The van der Waals surface area contributed by atoms with Crippen LogP contribution in [0.15, 0.2) is 54.6 Å². The molecule has 0 spiro atoms. The van der Waals surface area contributed by atoms with Gasteiger partial charge in [0.1, 0.15) is 0 Å². The van der Waals surface area contributed by atoms with Crippen LogP contribution in [0, 0.1) is 6.92 Å². The molecule has 2 aromatic rings. The summed E-state index contributed by atoms with van der Waals surface area (Å²) in [6, 6.07) is 20.2. The van der Waals surface area contributed by atoms with Crippen molar-refractivity contribution in [2.45, 2.75) is 33.1 Å². The van der Waals surface area contributed by atoms with E-state index >= 15 is 0 Å². The van der Waals surface area contributed by atoms with Gasteiger partial charge >= 0.3 is 130 Å². The van der Waals surface area contributed by atoms with Crippen LogP contribution in [0.5, 0.6) is 0 Å². The fourth-order valence-electron chi connectivity index (χ4n) is 3.50. The number of aryl methyl sites for hydroxylation is 1. The van der Waals surface area contributed by atoms with Crippen LogP contribution < -0.4 is 10.6 Å². The van der Waals surface area contributed by atoms with E-state index in [1.807, 2.05) is 0 Å². The van der Waals surface area contributed by atoms with Crippen LogP contribution >= 0.6 is 6.60 Å². The van der Waals surface area contributed by atoms with Crippen LogP contribution in [0.3, 0.4) is 0 Å². The molecule has 2 rings (SSSR count). The molecule has 0 saturated carbocycles. The minimum absolute atomic E-state index is 1.29. The quantitative estimate of drug-likeness (QED) is 0.523.